The van der Waals surface area contributed by atoms with Crippen LogP contribution in [0.15, 0.2) is 48.5 Å². The molecular weight excluding hydrogens is 517 g/mol. The maximum atomic E-state index is 12.8. The number of amides is 1. The number of H-pyrrole nitrogens is 1. The second-order valence-corrected chi connectivity index (χ2v) is 8.80. The Morgan fingerprint density at radius 1 is 0.973 bits per heavy atom. The molecule has 0 saturated carbocycles. The number of anilines is 2. The SMILES string of the molecule is COc1cc(OC)c(Cl)c(-c2ccc3c(NC(=O)c4ccc(NCCNCCO)cc4)n[nH]c3c2)c1Cl. The van der Waals surface area contributed by atoms with E-state index in [-0.39, 0.29) is 12.5 Å². The molecule has 9 nitrogen and oxygen atoms in total. The summed E-state index contributed by atoms with van der Waals surface area (Å²) < 4.78 is 10.7. The summed E-state index contributed by atoms with van der Waals surface area (Å²) in [5.41, 5.74) is 3.39. The molecule has 0 spiro atoms. The van der Waals surface area contributed by atoms with Crippen molar-refractivity contribution in [3.63, 3.8) is 0 Å². The van der Waals surface area contributed by atoms with Gasteiger partial charge in [-0.05, 0) is 42.0 Å². The van der Waals surface area contributed by atoms with E-state index in [1.165, 1.54) is 14.2 Å². The van der Waals surface area contributed by atoms with E-state index in [1.807, 2.05) is 30.3 Å². The summed E-state index contributed by atoms with van der Waals surface area (Å²) in [6.45, 7) is 2.09. The molecule has 0 fully saturated rings. The molecule has 0 bridgehead atoms. The predicted molar refractivity (Wildman–Crippen MR) is 147 cm³/mol. The van der Waals surface area contributed by atoms with E-state index in [0.717, 1.165) is 23.2 Å². The summed E-state index contributed by atoms with van der Waals surface area (Å²) in [7, 11) is 3.04. The van der Waals surface area contributed by atoms with Crippen molar-refractivity contribution in [1.29, 1.82) is 0 Å². The second kappa shape index (κ2) is 12.2. The molecule has 1 aromatic heterocycles. The van der Waals surface area contributed by atoms with Crippen molar-refractivity contribution >= 4 is 51.5 Å². The Morgan fingerprint density at radius 2 is 1.68 bits per heavy atom. The molecule has 37 heavy (non-hydrogen) atoms. The number of rotatable bonds is 11. The predicted octanol–water partition coefficient (Wildman–Crippen LogP) is 4.80. The van der Waals surface area contributed by atoms with E-state index in [4.69, 9.17) is 37.8 Å². The summed E-state index contributed by atoms with van der Waals surface area (Å²) in [5, 5.41) is 26.7. The number of ether oxygens (including phenoxy) is 2. The third kappa shape index (κ3) is 5.91. The van der Waals surface area contributed by atoms with Gasteiger partial charge in [0.25, 0.3) is 5.91 Å². The fourth-order valence-corrected chi connectivity index (χ4v) is 4.55. The molecule has 1 heterocycles. The van der Waals surface area contributed by atoms with Gasteiger partial charge in [0.15, 0.2) is 5.82 Å². The van der Waals surface area contributed by atoms with Crippen LogP contribution in [0.1, 0.15) is 10.4 Å². The zero-order chi connectivity index (χ0) is 26.4. The van der Waals surface area contributed by atoms with Crippen LogP contribution in [0.4, 0.5) is 11.5 Å². The number of nitrogens with zero attached hydrogens (tertiary/aromatic N) is 1. The number of nitrogens with one attached hydrogen (secondary N) is 4. The van der Waals surface area contributed by atoms with Gasteiger partial charge in [-0.1, -0.05) is 29.3 Å². The third-order valence-electron chi connectivity index (χ3n) is 5.72. The molecule has 0 atom stereocenters. The lowest BCUT2D eigenvalue weighted by molar-refractivity contribution is 0.102. The van der Waals surface area contributed by atoms with Crippen molar-refractivity contribution in [1.82, 2.24) is 15.5 Å². The Kier molecular flexibility index (Phi) is 8.73. The summed E-state index contributed by atoms with van der Waals surface area (Å²) >= 11 is 13.1. The number of halogens is 2. The van der Waals surface area contributed by atoms with E-state index < -0.39 is 0 Å². The fraction of sp³-hybridized carbons (Fsp3) is 0.231. The standard InChI is InChI=1S/C26H27Cl2N5O4/c1-36-20-14-21(37-2)24(28)22(23(20)27)16-5-8-18-19(13-16)32-33-25(18)31-26(35)15-3-6-17(7-4-15)30-10-9-29-11-12-34/h3-8,13-14,29-30,34H,9-12H2,1-2H3,(H2,31,32,33,35). The van der Waals surface area contributed by atoms with Crippen molar-refractivity contribution < 1.29 is 19.4 Å². The van der Waals surface area contributed by atoms with Crippen LogP contribution in [0.3, 0.4) is 0 Å². The molecule has 1 amide bonds. The van der Waals surface area contributed by atoms with Crippen LogP contribution in [0.5, 0.6) is 11.5 Å². The van der Waals surface area contributed by atoms with Gasteiger partial charge in [0.1, 0.15) is 11.5 Å². The average molecular weight is 544 g/mol. The maximum absolute atomic E-state index is 12.8. The number of hydrogen-bond donors (Lipinski definition) is 5. The minimum absolute atomic E-state index is 0.108. The molecule has 3 aromatic carbocycles. The molecule has 0 aliphatic carbocycles. The Hall–Kier alpha value is -3.50. The third-order valence-corrected chi connectivity index (χ3v) is 6.47. The molecule has 0 aliphatic heterocycles. The van der Waals surface area contributed by atoms with Crippen LogP contribution in [0.25, 0.3) is 22.0 Å². The van der Waals surface area contributed by atoms with E-state index >= 15 is 0 Å². The van der Waals surface area contributed by atoms with Gasteiger partial charge in [0.2, 0.25) is 0 Å². The van der Waals surface area contributed by atoms with Crippen LogP contribution in [-0.4, -0.2) is 61.7 Å². The fourth-order valence-electron chi connectivity index (χ4n) is 3.83. The van der Waals surface area contributed by atoms with Crippen molar-refractivity contribution in [2.45, 2.75) is 0 Å². The van der Waals surface area contributed by atoms with E-state index in [2.05, 4.69) is 26.1 Å². The van der Waals surface area contributed by atoms with Crippen LogP contribution in [-0.2, 0) is 0 Å². The lowest BCUT2D eigenvalue weighted by Crippen LogP contribution is -2.24. The summed E-state index contributed by atoms with van der Waals surface area (Å²) in [6.07, 6.45) is 0. The molecule has 4 rings (SSSR count). The van der Waals surface area contributed by atoms with Gasteiger partial charge in [-0.3, -0.25) is 9.89 Å². The zero-order valence-corrected chi connectivity index (χ0v) is 21.8. The molecule has 0 unspecified atom stereocenters. The Labute approximate surface area is 224 Å². The van der Waals surface area contributed by atoms with E-state index in [9.17, 15) is 4.79 Å². The maximum Gasteiger partial charge on any atom is 0.256 e. The number of carbonyl (C=O) groups excluding carboxylic acids is 1. The Bertz CT molecular complexity index is 1360. The van der Waals surface area contributed by atoms with E-state index in [0.29, 0.717) is 57.1 Å². The molecule has 5 N–H and O–H groups in total. The first kappa shape index (κ1) is 26.6. The van der Waals surface area contributed by atoms with Crippen LogP contribution < -0.4 is 25.4 Å². The van der Waals surface area contributed by atoms with Crippen LogP contribution >= 0.6 is 23.2 Å². The number of methoxy groups -OCH3 is 2. The number of aromatic amines is 1. The molecule has 0 aliphatic rings. The minimum Gasteiger partial charge on any atom is -0.495 e. The number of carbonyl (C=O) groups is 1. The number of benzene rings is 3. The minimum atomic E-state index is -0.280. The first-order valence-corrected chi connectivity index (χ1v) is 12.3. The smallest absolute Gasteiger partial charge is 0.256 e. The van der Waals surface area contributed by atoms with Crippen molar-refractivity contribution in [3.05, 3.63) is 64.1 Å². The molecule has 194 valence electrons. The molecular formula is C26H27Cl2N5O4. The molecule has 4 aromatic rings. The zero-order valence-electron chi connectivity index (χ0n) is 20.3. The van der Waals surface area contributed by atoms with Crippen molar-refractivity contribution in [2.75, 3.05) is 51.1 Å². The lowest BCUT2D eigenvalue weighted by atomic mass is 10.0. The van der Waals surface area contributed by atoms with Crippen molar-refractivity contribution in [2.24, 2.45) is 0 Å². The number of hydrogen-bond acceptors (Lipinski definition) is 7. The van der Waals surface area contributed by atoms with Gasteiger partial charge in [-0.2, -0.15) is 5.10 Å². The molecule has 0 radical (unpaired) electrons. The van der Waals surface area contributed by atoms with Gasteiger partial charge < -0.3 is 30.5 Å². The number of aliphatic hydroxyl groups is 1. The average Bonchev–Trinajstić information content (AvgIpc) is 3.31. The van der Waals surface area contributed by atoms with Crippen LogP contribution in [0.2, 0.25) is 10.0 Å². The Balaban J connectivity index is 1.50. The monoisotopic (exact) mass is 543 g/mol. The summed E-state index contributed by atoms with van der Waals surface area (Å²) in [6, 6.07) is 14.3. The highest BCUT2D eigenvalue weighted by molar-refractivity contribution is 6.41. The normalized spacial score (nSPS) is 10.9. The highest BCUT2D eigenvalue weighted by Crippen LogP contribution is 2.46. The van der Waals surface area contributed by atoms with Gasteiger partial charge >= 0.3 is 0 Å². The summed E-state index contributed by atoms with van der Waals surface area (Å²) in [4.78, 5) is 12.8. The van der Waals surface area contributed by atoms with Gasteiger partial charge in [0.05, 0.1) is 36.4 Å². The van der Waals surface area contributed by atoms with Crippen molar-refractivity contribution in [3.8, 4) is 22.6 Å². The second-order valence-electron chi connectivity index (χ2n) is 8.05. The van der Waals surface area contributed by atoms with Gasteiger partial charge in [-0.25, -0.2) is 0 Å². The molecule has 0 saturated heterocycles. The number of fused-ring (bicyclic) bond motifs is 1. The first-order valence-electron chi connectivity index (χ1n) is 11.5. The topological polar surface area (TPSA) is 121 Å². The number of aliphatic hydroxyl groups excluding tert-OH is 1. The van der Waals surface area contributed by atoms with E-state index in [1.54, 1.807) is 18.2 Å². The first-order chi connectivity index (χ1) is 18.0. The highest BCUT2D eigenvalue weighted by atomic mass is 35.5. The number of aromatic nitrogens is 2. The van der Waals surface area contributed by atoms with Crippen LogP contribution in [0, 0.1) is 0 Å². The lowest BCUT2D eigenvalue weighted by Gasteiger charge is -2.14. The molecule has 11 heteroatoms. The van der Waals surface area contributed by atoms with Gasteiger partial charge in [0, 0.05) is 47.9 Å². The Morgan fingerprint density at radius 3 is 2.32 bits per heavy atom. The largest absolute Gasteiger partial charge is 0.495 e. The quantitative estimate of drug-likeness (QED) is 0.172. The van der Waals surface area contributed by atoms with Gasteiger partial charge in [-0.15, -0.1) is 0 Å². The highest BCUT2D eigenvalue weighted by Gasteiger charge is 2.20. The summed E-state index contributed by atoms with van der Waals surface area (Å²) in [5.74, 6) is 1.01.